The average molecular weight is 352 g/mol. The molecule has 2 amide bonds. The maximum atomic E-state index is 12.5. The molecule has 1 fully saturated rings. The molecular weight excluding hydrogens is 326 g/mol. The normalized spacial score (nSPS) is 16.5. The van der Waals surface area contributed by atoms with Gasteiger partial charge in [0.15, 0.2) is 0 Å². The van der Waals surface area contributed by atoms with E-state index in [0.29, 0.717) is 23.7 Å². The summed E-state index contributed by atoms with van der Waals surface area (Å²) in [4.78, 5) is 26.1. The lowest BCUT2D eigenvalue weighted by molar-refractivity contribution is -0.135. The van der Waals surface area contributed by atoms with Crippen LogP contribution in [-0.4, -0.2) is 36.9 Å². The van der Waals surface area contributed by atoms with Crippen molar-refractivity contribution in [1.82, 2.24) is 4.90 Å². The van der Waals surface area contributed by atoms with Gasteiger partial charge in [-0.3, -0.25) is 9.59 Å². The van der Waals surface area contributed by atoms with E-state index in [1.165, 1.54) is 11.3 Å². The fraction of sp³-hybridized carbons (Fsp3) is 0.556. The minimum absolute atomic E-state index is 0.0198. The van der Waals surface area contributed by atoms with Gasteiger partial charge >= 0.3 is 0 Å². The van der Waals surface area contributed by atoms with Gasteiger partial charge in [0, 0.05) is 24.2 Å². The number of benzene rings is 1. The van der Waals surface area contributed by atoms with E-state index < -0.39 is 0 Å². The van der Waals surface area contributed by atoms with Crippen molar-refractivity contribution >= 4 is 29.1 Å². The second-order valence-electron chi connectivity index (χ2n) is 6.75. The van der Waals surface area contributed by atoms with Crippen molar-refractivity contribution in [2.45, 2.75) is 38.5 Å². The van der Waals surface area contributed by atoms with Gasteiger partial charge in [0.25, 0.3) is 0 Å². The van der Waals surface area contributed by atoms with Gasteiger partial charge in [-0.1, -0.05) is 36.9 Å². The number of amides is 2. The third-order valence-electron chi connectivity index (χ3n) is 4.79. The van der Waals surface area contributed by atoms with Gasteiger partial charge in [-0.2, -0.15) is 0 Å². The monoisotopic (exact) mass is 351 g/mol. The molecule has 1 aromatic carbocycles. The van der Waals surface area contributed by atoms with E-state index in [-0.39, 0.29) is 23.8 Å². The Morgan fingerprint density at radius 3 is 2.62 bits per heavy atom. The number of carbonyl (C=O) groups excluding carboxylic acids is 2. The van der Waals surface area contributed by atoms with Crippen molar-refractivity contribution in [1.29, 1.82) is 0 Å². The van der Waals surface area contributed by atoms with E-state index in [1.807, 2.05) is 0 Å². The zero-order chi connectivity index (χ0) is 17.6. The van der Waals surface area contributed by atoms with Crippen LogP contribution in [0.2, 0.25) is 5.02 Å². The van der Waals surface area contributed by atoms with Crippen molar-refractivity contribution in [3.63, 3.8) is 0 Å². The molecule has 1 aromatic rings. The summed E-state index contributed by atoms with van der Waals surface area (Å²) in [5.74, 6) is -0.262. The molecule has 0 aliphatic heterocycles. The van der Waals surface area contributed by atoms with Crippen molar-refractivity contribution in [2.75, 3.05) is 25.5 Å². The topological polar surface area (TPSA) is 75.4 Å². The maximum Gasteiger partial charge on any atom is 0.243 e. The molecule has 0 spiro atoms. The Morgan fingerprint density at radius 1 is 1.29 bits per heavy atom. The Bertz CT molecular complexity index is 585. The summed E-state index contributed by atoms with van der Waals surface area (Å²) in [7, 11) is 1.66. The molecule has 132 valence electrons. The van der Waals surface area contributed by atoms with Gasteiger partial charge in [0.1, 0.15) is 0 Å². The predicted octanol–water partition coefficient (Wildman–Crippen LogP) is 3.04. The molecule has 5 nitrogen and oxygen atoms in total. The quantitative estimate of drug-likeness (QED) is 0.827. The Hall–Kier alpha value is -1.59. The van der Waals surface area contributed by atoms with Crippen molar-refractivity contribution in [2.24, 2.45) is 11.1 Å². The summed E-state index contributed by atoms with van der Waals surface area (Å²) in [6.07, 6.45) is 5.89. The molecule has 0 aromatic heterocycles. The third-order valence-corrected chi connectivity index (χ3v) is 5.02. The SMILES string of the molecule is CN(CC(=O)Nc1cccc(Cl)c1)C(=O)CC1(CN)CCCCC1. The summed E-state index contributed by atoms with van der Waals surface area (Å²) in [6.45, 7) is 0.549. The summed E-state index contributed by atoms with van der Waals surface area (Å²) in [6, 6.07) is 6.94. The van der Waals surface area contributed by atoms with Gasteiger partial charge in [0.2, 0.25) is 11.8 Å². The second kappa shape index (κ2) is 8.49. The highest BCUT2D eigenvalue weighted by Crippen LogP contribution is 2.38. The number of nitrogens with zero attached hydrogens (tertiary/aromatic N) is 1. The first-order valence-electron chi connectivity index (χ1n) is 8.44. The predicted molar refractivity (Wildman–Crippen MR) is 96.9 cm³/mol. The van der Waals surface area contributed by atoms with E-state index in [4.69, 9.17) is 17.3 Å². The number of nitrogens with two attached hydrogens (primary N) is 1. The number of likely N-dealkylation sites (N-methyl/N-ethyl adjacent to an activating group) is 1. The molecular formula is C18H26ClN3O2. The van der Waals surface area contributed by atoms with Crippen LogP contribution in [-0.2, 0) is 9.59 Å². The maximum absolute atomic E-state index is 12.5. The summed E-state index contributed by atoms with van der Waals surface area (Å²) in [5.41, 5.74) is 6.48. The molecule has 0 saturated heterocycles. The molecule has 6 heteroatoms. The van der Waals surface area contributed by atoms with Gasteiger partial charge in [-0.25, -0.2) is 0 Å². The Balaban J connectivity index is 1.87. The van der Waals surface area contributed by atoms with Gasteiger partial charge < -0.3 is 16.0 Å². The Kier molecular flexibility index (Phi) is 6.63. The number of nitrogens with one attached hydrogen (secondary N) is 1. The third kappa shape index (κ3) is 5.21. The van der Waals surface area contributed by atoms with Crippen LogP contribution in [0.5, 0.6) is 0 Å². The second-order valence-corrected chi connectivity index (χ2v) is 7.19. The van der Waals surface area contributed by atoms with Gasteiger partial charge in [-0.05, 0) is 43.0 Å². The van der Waals surface area contributed by atoms with Gasteiger partial charge in [0.05, 0.1) is 6.54 Å². The van der Waals surface area contributed by atoms with Gasteiger partial charge in [-0.15, -0.1) is 0 Å². The first-order valence-corrected chi connectivity index (χ1v) is 8.81. The molecule has 0 radical (unpaired) electrons. The number of hydrogen-bond acceptors (Lipinski definition) is 3. The van der Waals surface area contributed by atoms with Crippen LogP contribution in [0.1, 0.15) is 38.5 Å². The van der Waals surface area contributed by atoms with Crippen LogP contribution in [0, 0.1) is 5.41 Å². The first kappa shape index (κ1) is 18.7. The molecule has 0 bridgehead atoms. The Morgan fingerprint density at radius 2 is 2.00 bits per heavy atom. The van der Waals surface area contributed by atoms with E-state index >= 15 is 0 Å². The first-order chi connectivity index (χ1) is 11.4. The van der Waals surface area contributed by atoms with Crippen molar-refractivity contribution < 1.29 is 9.59 Å². The van der Waals surface area contributed by atoms with Crippen molar-refractivity contribution in [3.05, 3.63) is 29.3 Å². The number of anilines is 1. The largest absolute Gasteiger partial charge is 0.336 e. The number of hydrogen-bond donors (Lipinski definition) is 2. The highest BCUT2D eigenvalue weighted by atomic mass is 35.5. The number of rotatable bonds is 6. The summed E-state index contributed by atoms with van der Waals surface area (Å²) in [5, 5.41) is 3.31. The van der Waals surface area contributed by atoms with Crippen LogP contribution in [0.4, 0.5) is 5.69 Å². The van der Waals surface area contributed by atoms with Crippen LogP contribution in [0.3, 0.4) is 0 Å². The number of halogens is 1. The molecule has 1 saturated carbocycles. The lowest BCUT2D eigenvalue weighted by Gasteiger charge is -2.36. The van der Waals surface area contributed by atoms with E-state index in [9.17, 15) is 9.59 Å². The minimum Gasteiger partial charge on any atom is -0.336 e. The summed E-state index contributed by atoms with van der Waals surface area (Å²) < 4.78 is 0. The zero-order valence-electron chi connectivity index (χ0n) is 14.2. The molecule has 0 heterocycles. The molecule has 1 aliphatic rings. The molecule has 0 unspecified atom stereocenters. The van der Waals surface area contributed by atoms with Crippen LogP contribution >= 0.6 is 11.6 Å². The molecule has 1 aliphatic carbocycles. The number of carbonyl (C=O) groups is 2. The fourth-order valence-electron chi connectivity index (χ4n) is 3.28. The lowest BCUT2D eigenvalue weighted by Crippen LogP contribution is -2.41. The molecule has 0 atom stereocenters. The highest BCUT2D eigenvalue weighted by molar-refractivity contribution is 6.30. The minimum atomic E-state index is -0.237. The van der Waals surface area contributed by atoms with E-state index in [0.717, 1.165) is 25.7 Å². The molecule has 3 N–H and O–H groups in total. The molecule has 24 heavy (non-hydrogen) atoms. The smallest absolute Gasteiger partial charge is 0.243 e. The fourth-order valence-corrected chi connectivity index (χ4v) is 3.47. The van der Waals surface area contributed by atoms with Crippen LogP contribution in [0.15, 0.2) is 24.3 Å². The van der Waals surface area contributed by atoms with E-state index in [2.05, 4.69) is 5.32 Å². The Labute approximate surface area is 148 Å². The highest BCUT2D eigenvalue weighted by Gasteiger charge is 2.34. The van der Waals surface area contributed by atoms with Crippen LogP contribution in [0.25, 0.3) is 0 Å². The molecule has 2 rings (SSSR count). The van der Waals surface area contributed by atoms with Crippen LogP contribution < -0.4 is 11.1 Å². The lowest BCUT2D eigenvalue weighted by atomic mass is 9.71. The van der Waals surface area contributed by atoms with E-state index in [1.54, 1.807) is 31.3 Å². The standard InChI is InChI=1S/C18H26ClN3O2/c1-22(12-16(23)21-15-7-5-6-14(19)10-15)17(24)11-18(13-20)8-3-2-4-9-18/h5-7,10H,2-4,8-9,11-13,20H2,1H3,(H,21,23). The van der Waals surface area contributed by atoms with Crippen molar-refractivity contribution in [3.8, 4) is 0 Å². The zero-order valence-corrected chi connectivity index (χ0v) is 14.9. The average Bonchev–Trinajstić information content (AvgIpc) is 2.55. The summed E-state index contributed by atoms with van der Waals surface area (Å²) >= 11 is 5.90.